The molecule has 0 aliphatic carbocycles. The average Bonchev–Trinajstić information content (AvgIpc) is 2.68. The number of likely N-dealkylation sites (tertiary alicyclic amines) is 1. The van der Waals surface area contributed by atoms with Crippen LogP contribution in [0.4, 0.5) is 14.9 Å². The molecule has 0 saturated carbocycles. The fourth-order valence-corrected chi connectivity index (χ4v) is 2.56. The van der Waals surface area contributed by atoms with E-state index >= 15 is 0 Å². The Labute approximate surface area is 126 Å². The lowest BCUT2D eigenvalue weighted by molar-refractivity contribution is -0.142. The fraction of sp³-hybridized carbons (Fsp3) is 0.429. The van der Waals surface area contributed by atoms with Crippen LogP contribution in [0, 0.1) is 5.82 Å². The third kappa shape index (κ3) is 3.85. The van der Waals surface area contributed by atoms with Gasteiger partial charge in [0.1, 0.15) is 11.9 Å². The molecule has 1 atom stereocenters. The molecule has 0 radical (unpaired) electrons. The molecule has 1 heterocycles. The van der Waals surface area contributed by atoms with Crippen molar-refractivity contribution in [3.63, 3.8) is 0 Å². The van der Waals surface area contributed by atoms with Crippen molar-refractivity contribution in [3.8, 4) is 0 Å². The van der Waals surface area contributed by atoms with Gasteiger partial charge >= 0.3 is 12.0 Å². The molecule has 1 aromatic rings. The van der Waals surface area contributed by atoms with Crippen molar-refractivity contribution < 1.29 is 19.1 Å². The molecule has 0 aromatic heterocycles. The van der Waals surface area contributed by atoms with Gasteiger partial charge in [-0.3, -0.25) is 0 Å². The van der Waals surface area contributed by atoms with Crippen molar-refractivity contribution in [2.75, 3.05) is 11.9 Å². The third-order valence-corrected chi connectivity index (χ3v) is 3.76. The number of rotatable bonds is 2. The molecule has 2 amide bonds. The van der Waals surface area contributed by atoms with Gasteiger partial charge in [-0.2, -0.15) is 0 Å². The van der Waals surface area contributed by atoms with Gasteiger partial charge in [-0.1, -0.05) is 24.4 Å². The number of halogens is 2. The summed E-state index contributed by atoms with van der Waals surface area (Å²) in [5, 5.41) is 11.7. The first-order valence-electron chi connectivity index (χ1n) is 6.74. The minimum Gasteiger partial charge on any atom is -0.480 e. The van der Waals surface area contributed by atoms with E-state index < -0.39 is 23.9 Å². The first-order chi connectivity index (χ1) is 9.99. The number of amides is 2. The molecule has 1 aliphatic heterocycles. The van der Waals surface area contributed by atoms with E-state index in [2.05, 4.69) is 5.32 Å². The molecule has 2 rings (SSSR count). The summed E-state index contributed by atoms with van der Waals surface area (Å²) in [7, 11) is 0. The maximum Gasteiger partial charge on any atom is 0.326 e. The zero-order valence-corrected chi connectivity index (χ0v) is 12.1. The molecule has 1 aliphatic rings. The van der Waals surface area contributed by atoms with Crippen molar-refractivity contribution in [2.45, 2.75) is 31.7 Å². The smallest absolute Gasteiger partial charge is 0.326 e. The van der Waals surface area contributed by atoms with Crippen molar-refractivity contribution in [2.24, 2.45) is 0 Å². The second kappa shape index (κ2) is 6.76. The van der Waals surface area contributed by atoms with Crippen LogP contribution in [-0.2, 0) is 4.79 Å². The van der Waals surface area contributed by atoms with Gasteiger partial charge in [-0.25, -0.2) is 14.0 Å². The molecular formula is C14H16ClFN2O3. The van der Waals surface area contributed by atoms with Crippen LogP contribution in [-0.4, -0.2) is 34.6 Å². The molecule has 21 heavy (non-hydrogen) atoms. The van der Waals surface area contributed by atoms with Crippen LogP contribution in [0.1, 0.15) is 25.7 Å². The summed E-state index contributed by atoms with van der Waals surface area (Å²) in [5.74, 6) is -1.59. The first kappa shape index (κ1) is 15.6. The Bertz CT molecular complexity index is 553. The number of urea groups is 1. The van der Waals surface area contributed by atoms with E-state index in [1.54, 1.807) is 0 Å². The lowest BCUT2D eigenvalue weighted by Gasteiger charge is -2.27. The van der Waals surface area contributed by atoms with Crippen LogP contribution in [0.15, 0.2) is 18.2 Å². The Balaban J connectivity index is 2.12. The Morgan fingerprint density at radius 1 is 1.33 bits per heavy atom. The van der Waals surface area contributed by atoms with Gasteiger partial charge < -0.3 is 15.3 Å². The van der Waals surface area contributed by atoms with Gasteiger partial charge in [0.2, 0.25) is 0 Å². The van der Waals surface area contributed by atoms with Crippen molar-refractivity contribution in [1.82, 2.24) is 4.90 Å². The molecule has 0 spiro atoms. The summed E-state index contributed by atoms with van der Waals surface area (Å²) < 4.78 is 13.1. The first-order valence-corrected chi connectivity index (χ1v) is 7.12. The lowest BCUT2D eigenvalue weighted by Crippen LogP contribution is -2.46. The van der Waals surface area contributed by atoms with E-state index in [1.165, 1.54) is 17.0 Å². The maximum absolute atomic E-state index is 13.1. The highest BCUT2D eigenvalue weighted by molar-refractivity contribution is 6.31. The summed E-state index contributed by atoms with van der Waals surface area (Å²) in [6.45, 7) is 0.387. The molecule has 114 valence electrons. The van der Waals surface area contributed by atoms with Crippen LogP contribution in [0.2, 0.25) is 5.02 Å². The van der Waals surface area contributed by atoms with Crippen LogP contribution >= 0.6 is 11.6 Å². The topological polar surface area (TPSA) is 69.6 Å². The maximum atomic E-state index is 13.1. The highest BCUT2D eigenvalue weighted by Crippen LogP contribution is 2.22. The molecule has 1 fully saturated rings. The number of hydrogen-bond acceptors (Lipinski definition) is 2. The quantitative estimate of drug-likeness (QED) is 0.879. The van der Waals surface area contributed by atoms with E-state index in [9.17, 15) is 19.1 Å². The normalized spacial score (nSPS) is 19.0. The van der Waals surface area contributed by atoms with Crippen LogP contribution in [0.5, 0.6) is 0 Å². The van der Waals surface area contributed by atoms with E-state index in [4.69, 9.17) is 11.6 Å². The SMILES string of the molecule is O=C(O)C1CCCCCN1C(=O)Nc1ccc(F)c(Cl)c1. The summed E-state index contributed by atoms with van der Waals surface area (Å²) in [5.41, 5.74) is 0.333. The minimum atomic E-state index is -1.01. The van der Waals surface area contributed by atoms with Crippen LogP contribution in [0.25, 0.3) is 0 Å². The number of nitrogens with one attached hydrogen (secondary N) is 1. The summed E-state index contributed by atoms with van der Waals surface area (Å²) in [6.07, 6.45) is 2.88. The highest BCUT2D eigenvalue weighted by atomic mass is 35.5. The molecule has 1 aromatic carbocycles. The van der Waals surface area contributed by atoms with Gasteiger partial charge in [0.25, 0.3) is 0 Å². The average molecular weight is 315 g/mol. The Morgan fingerprint density at radius 2 is 2.10 bits per heavy atom. The number of benzene rings is 1. The number of aliphatic carboxylic acids is 1. The van der Waals surface area contributed by atoms with E-state index in [-0.39, 0.29) is 5.02 Å². The molecule has 5 nitrogen and oxygen atoms in total. The Hall–Kier alpha value is -1.82. The Kier molecular flexibility index (Phi) is 5.01. The second-order valence-corrected chi connectivity index (χ2v) is 5.36. The lowest BCUT2D eigenvalue weighted by atomic mass is 10.1. The fourth-order valence-electron chi connectivity index (χ4n) is 2.38. The van der Waals surface area contributed by atoms with E-state index in [0.29, 0.717) is 18.7 Å². The number of anilines is 1. The van der Waals surface area contributed by atoms with Gasteiger partial charge in [0.15, 0.2) is 0 Å². The van der Waals surface area contributed by atoms with Gasteiger partial charge in [0, 0.05) is 12.2 Å². The van der Waals surface area contributed by atoms with Gasteiger partial charge in [-0.05, 0) is 31.0 Å². The van der Waals surface area contributed by atoms with Crippen molar-refractivity contribution in [3.05, 3.63) is 29.0 Å². The molecule has 7 heteroatoms. The minimum absolute atomic E-state index is 0.0987. The predicted octanol–water partition coefficient (Wildman–Crippen LogP) is 3.34. The van der Waals surface area contributed by atoms with Gasteiger partial charge in [-0.15, -0.1) is 0 Å². The monoisotopic (exact) mass is 314 g/mol. The third-order valence-electron chi connectivity index (χ3n) is 3.47. The molecule has 1 saturated heterocycles. The summed E-state index contributed by atoms with van der Waals surface area (Å²) in [6, 6.07) is 2.49. The number of carboxylic acids is 1. The molecule has 2 N–H and O–H groups in total. The molecule has 0 bridgehead atoms. The molecule has 1 unspecified atom stereocenters. The standard InChI is InChI=1S/C14H16ClFN2O3/c15-10-8-9(5-6-11(10)16)17-14(21)18-7-3-1-2-4-12(18)13(19)20/h5-6,8,12H,1-4,7H2,(H,17,21)(H,19,20). The zero-order chi connectivity index (χ0) is 15.4. The van der Waals surface area contributed by atoms with E-state index in [1.807, 2.05) is 0 Å². The number of carbonyl (C=O) groups is 2. The number of carbonyl (C=O) groups excluding carboxylic acids is 1. The van der Waals surface area contributed by atoms with Crippen molar-refractivity contribution in [1.29, 1.82) is 0 Å². The molecular weight excluding hydrogens is 299 g/mol. The zero-order valence-electron chi connectivity index (χ0n) is 11.3. The number of carboxylic acid groups (broad SMARTS) is 1. The highest BCUT2D eigenvalue weighted by Gasteiger charge is 2.30. The van der Waals surface area contributed by atoms with Gasteiger partial charge in [0.05, 0.1) is 5.02 Å². The Morgan fingerprint density at radius 3 is 2.76 bits per heavy atom. The number of nitrogens with zero attached hydrogens (tertiary/aromatic N) is 1. The largest absolute Gasteiger partial charge is 0.480 e. The van der Waals surface area contributed by atoms with Crippen LogP contribution in [0.3, 0.4) is 0 Å². The second-order valence-electron chi connectivity index (χ2n) is 4.96. The van der Waals surface area contributed by atoms with Crippen LogP contribution < -0.4 is 5.32 Å². The summed E-state index contributed by atoms with van der Waals surface area (Å²) >= 11 is 5.65. The predicted molar refractivity (Wildman–Crippen MR) is 77.0 cm³/mol. The summed E-state index contributed by atoms with van der Waals surface area (Å²) in [4.78, 5) is 24.8. The van der Waals surface area contributed by atoms with E-state index in [0.717, 1.165) is 25.3 Å². The number of hydrogen-bond donors (Lipinski definition) is 2. The van der Waals surface area contributed by atoms with Crippen molar-refractivity contribution >= 4 is 29.3 Å².